The Balaban J connectivity index is 1.50. The highest BCUT2D eigenvalue weighted by molar-refractivity contribution is 5.94. The summed E-state index contributed by atoms with van der Waals surface area (Å²) in [5, 5.41) is 7.39. The summed E-state index contributed by atoms with van der Waals surface area (Å²) in [7, 11) is 0. The third kappa shape index (κ3) is 4.76. The molecule has 1 aliphatic carbocycles. The van der Waals surface area contributed by atoms with Crippen molar-refractivity contribution in [2.24, 2.45) is 5.41 Å². The lowest BCUT2D eigenvalue weighted by molar-refractivity contribution is 0.0872. The fraction of sp³-hybridized carbons (Fsp3) is 0.556. The second-order valence-electron chi connectivity index (χ2n) is 11.9. The van der Waals surface area contributed by atoms with Crippen LogP contribution in [-0.2, 0) is 18.5 Å². The molecule has 1 aliphatic heterocycles. The van der Waals surface area contributed by atoms with E-state index in [1.807, 2.05) is 39.0 Å². The molecule has 8 heteroatoms. The molecule has 1 saturated carbocycles. The zero-order valence-corrected chi connectivity index (χ0v) is 21.6. The summed E-state index contributed by atoms with van der Waals surface area (Å²) in [6.07, 6.45) is 2.47. The number of amides is 1. The van der Waals surface area contributed by atoms with Crippen molar-refractivity contribution in [1.29, 1.82) is 0 Å². The second kappa shape index (κ2) is 8.59. The lowest BCUT2D eigenvalue weighted by atomic mass is 9.86. The molecule has 1 aromatic carbocycles. The van der Waals surface area contributed by atoms with Crippen molar-refractivity contribution < 1.29 is 9.32 Å². The highest BCUT2D eigenvalue weighted by Gasteiger charge is 2.38. The van der Waals surface area contributed by atoms with Crippen molar-refractivity contribution in [3.05, 3.63) is 53.4 Å². The number of hydrogen-bond acceptors (Lipinski definition) is 6. The maximum absolute atomic E-state index is 13.8. The number of hydrogen-bond donors (Lipinski definition) is 1. The third-order valence-electron chi connectivity index (χ3n) is 6.85. The maximum Gasteiger partial charge on any atom is 0.272 e. The predicted octanol–water partition coefficient (Wildman–Crippen LogP) is 4.73. The molecule has 0 radical (unpaired) electrons. The van der Waals surface area contributed by atoms with E-state index in [-0.39, 0.29) is 16.7 Å². The minimum atomic E-state index is -0.445. The van der Waals surface area contributed by atoms with E-state index in [4.69, 9.17) is 9.51 Å². The number of benzene rings is 1. The van der Waals surface area contributed by atoms with E-state index in [1.165, 1.54) is 12.8 Å². The van der Waals surface area contributed by atoms with Gasteiger partial charge >= 0.3 is 0 Å². The molecular weight excluding hydrogens is 440 g/mol. The Labute approximate surface area is 207 Å². The molecule has 2 aliphatic rings. The number of rotatable bonds is 5. The number of nitrogens with one attached hydrogen (secondary N) is 1. The Hall–Kier alpha value is -3.00. The smallest absolute Gasteiger partial charge is 0.272 e. The Morgan fingerprint density at radius 3 is 2.37 bits per heavy atom. The summed E-state index contributed by atoms with van der Waals surface area (Å²) >= 11 is 0. The van der Waals surface area contributed by atoms with E-state index in [0.717, 1.165) is 36.7 Å². The molecule has 35 heavy (non-hydrogen) atoms. The first-order chi connectivity index (χ1) is 16.5. The third-order valence-corrected chi connectivity index (χ3v) is 6.85. The van der Waals surface area contributed by atoms with E-state index in [9.17, 15) is 4.79 Å². The van der Waals surface area contributed by atoms with Crippen molar-refractivity contribution in [3.8, 4) is 11.4 Å². The summed E-state index contributed by atoms with van der Waals surface area (Å²) in [6, 6.07) is 10.3. The topological polar surface area (TPSA) is 89.1 Å². The zero-order valence-electron chi connectivity index (χ0n) is 21.6. The molecule has 1 amide bonds. The fourth-order valence-electron chi connectivity index (χ4n) is 4.63. The molecule has 0 saturated heterocycles. The number of imidazole rings is 1. The fourth-order valence-corrected chi connectivity index (χ4v) is 4.63. The second-order valence-corrected chi connectivity index (χ2v) is 11.9. The molecule has 186 valence electrons. The maximum atomic E-state index is 13.8. The standard InChI is InChI=1S/C27H36N6O2/c1-26(2,3)21(24-30-25(31-35-24)27(4,5)6)29-23(34)20-19-16-32(18-12-13-18)14-15-33(19)22(28-20)17-10-8-7-9-11-17/h7-11,18,21H,12-16H2,1-6H3,(H,29,34)/t21-/m1/s1. The first kappa shape index (κ1) is 23.7. The van der Waals surface area contributed by atoms with E-state index in [0.29, 0.717) is 23.5 Å². The highest BCUT2D eigenvalue weighted by atomic mass is 16.5. The van der Waals surface area contributed by atoms with Crippen LogP contribution in [0, 0.1) is 5.41 Å². The van der Waals surface area contributed by atoms with E-state index < -0.39 is 6.04 Å². The van der Waals surface area contributed by atoms with Gasteiger partial charge in [0.05, 0.1) is 5.69 Å². The number of carbonyl (C=O) groups is 1. The van der Waals surface area contributed by atoms with E-state index >= 15 is 0 Å². The van der Waals surface area contributed by atoms with Crippen molar-refractivity contribution in [3.63, 3.8) is 0 Å². The number of fused-ring (bicyclic) bond motifs is 1. The van der Waals surface area contributed by atoms with Gasteiger partial charge in [-0.2, -0.15) is 4.98 Å². The molecule has 2 aromatic heterocycles. The molecule has 1 atom stereocenters. The van der Waals surface area contributed by atoms with Crippen LogP contribution >= 0.6 is 0 Å². The largest absolute Gasteiger partial charge is 0.338 e. The van der Waals surface area contributed by atoms with Gasteiger partial charge in [0.25, 0.3) is 5.91 Å². The van der Waals surface area contributed by atoms with Crippen LogP contribution in [0.4, 0.5) is 0 Å². The van der Waals surface area contributed by atoms with E-state index in [1.54, 1.807) is 0 Å². The van der Waals surface area contributed by atoms with Crippen LogP contribution in [0.25, 0.3) is 11.4 Å². The van der Waals surface area contributed by atoms with Crippen LogP contribution in [-0.4, -0.2) is 43.1 Å². The molecule has 1 N–H and O–H groups in total. The van der Waals surface area contributed by atoms with Crippen LogP contribution in [0.3, 0.4) is 0 Å². The molecule has 8 nitrogen and oxygen atoms in total. The van der Waals surface area contributed by atoms with Gasteiger partial charge in [-0.25, -0.2) is 4.98 Å². The molecule has 5 rings (SSSR count). The van der Waals surface area contributed by atoms with Gasteiger partial charge in [0, 0.05) is 36.7 Å². The monoisotopic (exact) mass is 476 g/mol. The first-order valence-corrected chi connectivity index (χ1v) is 12.6. The van der Waals surface area contributed by atoms with Gasteiger partial charge in [-0.05, 0) is 18.3 Å². The number of carbonyl (C=O) groups excluding carboxylic acids is 1. The lowest BCUT2D eigenvalue weighted by Gasteiger charge is -2.30. The Morgan fingerprint density at radius 2 is 1.77 bits per heavy atom. The molecule has 0 spiro atoms. The Morgan fingerprint density at radius 1 is 1.06 bits per heavy atom. The van der Waals surface area contributed by atoms with Crippen molar-refractivity contribution in [2.75, 3.05) is 6.54 Å². The van der Waals surface area contributed by atoms with Gasteiger partial charge in [0.1, 0.15) is 11.9 Å². The Kier molecular flexibility index (Phi) is 5.82. The molecule has 3 aromatic rings. The van der Waals surface area contributed by atoms with Crippen LogP contribution in [0.1, 0.15) is 88.3 Å². The van der Waals surface area contributed by atoms with Gasteiger partial charge < -0.3 is 14.4 Å². The van der Waals surface area contributed by atoms with Crippen molar-refractivity contribution >= 4 is 5.91 Å². The van der Waals surface area contributed by atoms with Crippen LogP contribution in [0.2, 0.25) is 0 Å². The number of nitrogens with zero attached hydrogens (tertiary/aromatic N) is 5. The lowest BCUT2D eigenvalue weighted by Crippen LogP contribution is -2.39. The van der Waals surface area contributed by atoms with Crippen molar-refractivity contribution in [2.45, 2.75) is 85.0 Å². The minimum Gasteiger partial charge on any atom is -0.338 e. The normalized spacial score (nSPS) is 17.8. The number of aromatic nitrogens is 4. The summed E-state index contributed by atoms with van der Waals surface area (Å²) in [5.41, 5.74) is 1.91. The van der Waals surface area contributed by atoms with Crippen LogP contribution < -0.4 is 5.32 Å². The summed E-state index contributed by atoms with van der Waals surface area (Å²) < 4.78 is 7.87. The van der Waals surface area contributed by atoms with Crippen LogP contribution in [0.5, 0.6) is 0 Å². The quantitative estimate of drug-likeness (QED) is 0.573. The Bertz CT molecular complexity index is 1210. The minimum absolute atomic E-state index is 0.205. The molecular formula is C27H36N6O2. The zero-order chi connectivity index (χ0) is 25.0. The van der Waals surface area contributed by atoms with Gasteiger partial charge in [-0.3, -0.25) is 9.69 Å². The average Bonchev–Trinajstić information content (AvgIpc) is 3.40. The SMILES string of the molecule is CC(C)(C)c1noc([C@@H](NC(=O)c2nc(-c3ccccc3)n3c2CN(C2CC2)CC3)C(C)(C)C)n1. The first-order valence-electron chi connectivity index (χ1n) is 12.6. The molecule has 3 heterocycles. The van der Waals surface area contributed by atoms with Crippen LogP contribution in [0.15, 0.2) is 34.9 Å². The molecule has 0 bridgehead atoms. The van der Waals surface area contributed by atoms with Crippen molar-refractivity contribution in [1.82, 2.24) is 29.9 Å². The summed E-state index contributed by atoms with van der Waals surface area (Å²) in [5.74, 6) is 1.69. The highest BCUT2D eigenvalue weighted by Crippen LogP contribution is 2.36. The van der Waals surface area contributed by atoms with Gasteiger partial charge in [0.2, 0.25) is 5.89 Å². The average molecular weight is 477 g/mol. The summed E-state index contributed by atoms with van der Waals surface area (Å²) in [4.78, 5) is 25.8. The molecule has 1 fully saturated rings. The van der Waals surface area contributed by atoms with Gasteiger partial charge in [-0.15, -0.1) is 0 Å². The van der Waals surface area contributed by atoms with Gasteiger partial charge in [-0.1, -0.05) is 77.0 Å². The van der Waals surface area contributed by atoms with Gasteiger partial charge in [0.15, 0.2) is 11.5 Å². The van der Waals surface area contributed by atoms with E-state index in [2.05, 4.69) is 57.8 Å². The molecule has 0 unspecified atom stereocenters. The summed E-state index contributed by atoms with van der Waals surface area (Å²) in [6.45, 7) is 14.9. The predicted molar refractivity (Wildman–Crippen MR) is 134 cm³/mol.